The molecule has 5 nitrogen and oxygen atoms in total. The Bertz CT molecular complexity index is 1300. The number of nitrogens with zero attached hydrogens (tertiary/aromatic N) is 2. The molecule has 1 atom stereocenters. The largest absolute Gasteiger partial charge is 0.481 e. The van der Waals surface area contributed by atoms with Crippen LogP contribution in [0.1, 0.15) is 48.8 Å². The van der Waals surface area contributed by atoms with E-state index in [1.165, 1.54) is 6.07 Å². The highest BCUT2D eigenvalue weighted by atomic mass is 19.3. The third-order valence-electron chi connectivity index (χ3n) is 5.91. The van der Waals surface area contributed by atoms with E-state index in [1.54, 1.807) is 30.3 Å². The second-order valence-electron chi connectivity index (χ2n) is 8.30. The fourth-order valence-electron chi connectivity index (χ4n) is 3.96. The number of carboxylic acids is 1. The summed E-state index contributed by atoms with van der Waals surface area (Å²) in [5.74, 6) is 0.0992. The highest BCUT2D eigenvalue weighted by molar-refractivity contribution is 5.74. The van der Waals surface area contributed by atoms with Crippen molar-refractivity contribution in [2.45, 2.75) is 39.0 Å². The summed E-state index contributed by atoms with van der Waals surface area (Å²) >= 11 is 0. The van der Waals surface area contributed by atoms with E-state index in [0.29, 0.717) is 29.3 Å². The van der Waals surface area contributed by atoms with Crippen molar-refractivity contribution in [3.05, 3.63) is 83.4 Å². The van der Waals surface area contributed by atoms with E-state index in [0.717, 1.165) is 22.3 Å². The van der Waals surface area contributed by atoms with Crippen molar-refractivity contribution in [1.82, 2.24) is 10.1 Å². The molecule has 1 aromatic heterocycles. The van der Waals surface area contributed by atoms with Gasteiger partial charge < -0.3 is 9.63 Å². The number of hydrogen-bond acceptors (Lipinski definition) is 4. The molecule has 1 heterocycles. The fourth-order valence-corrected chi connectivity index (χ4v) is 3.96. The van der Waals surface area contributed by atoms with E-state index >= 15 is 0 Å². The minimum absolute atomic E-state index is 0.000785. The van der Waals surface area contributed by atoms with Crippen LogP contribution in [0.5, 0.6) is 0 Å². The Morgan fingerprint density at radius 1 is 1.00 bits per heavy atom. The summed E-state index contributed by atoms with van der Waals surface area (Å²) in [7, 11) is 0. The summed E-state index contributed by atoms with van der Waals surface area (Å²) in [6, 6.07) is 19.6. The van der Waals surface area contributed by atoms with Gasteiger partial charge in [-0.15, -0.1) is 0 Å². The molecule has 0 radical (unpaired) electrons. The van der Waals surface area contributed by atoms with Crippen molar-refractivity contribution in [3.63, 3.8) is 0 Å². The van der Waals surface area contributed by atoms with Crippen molar-refractivity contribution in [3.8, 4) is 34.0 Å². The Morgan fingerprint density at radius 3 is 2.38 bits per heavy atom. The van der Waals surface area contributed by atoms with Gasteiger partial charge in [-0.3, -0.25) is 4.79 Å². The zero-order valence-corrected chi connectivity index (χ0v) is 18.8. The molecular weight excluding hydrogens is 438 g/mol. The Hall–Kier alpha value is -3.87. The van der Waals surface area contributed by atoms with Crippen molar-refractivity contribution < 1.29 is 23.2 Å². The maximum absolute atomic E-state index is 13.4. The summed E-state index contributed by atoms with van der Waals surface area (Å²) in [6.07, 6.45) is -1.86. The van der Waals surface area contributed by atoms with Gasteiger partial charge in [0.05, 0.1) is 0 Å². The third kappa shape index (κ3) is 5.03. The monoisotopic (exact) mass is 462 g/mol. The van der Waals surface area contributed by atoms with Gasteiger partial charge >= 0.3 is 5.97 Å². The van der Waals surface area contributed by atoms with Crippen molar-refractivity contribution in [1.29, 1.82) is 0 Å². The maximum atomic E-state index is 13.4. The van der Waals surface area contributed by atoms with Gasteiger partial charge in [0.2, 0.25) is 5.82 Å². The van der Waals surface area contributed by atoms with Crippen LogP contribution in [-0.4, -0.2) is 21.2 Å². The van der Waals surface area contributed by atoms with Gasteiger partial charge in [-0.05, 0) is 53.6 Å². The molecule has 0 amide bonds. The number of rotatable bonds is 8. The van der Waals surface area contributed by atoms with Gasteiger partial charge in [0.1, 0.15) is 0 Å². The highest BCUT2D eigenvalue weighted by Gasteiger charge is 2.17. The fraction of sp³-hybridized carbons (Fsp3) is 0.222. The minimum Gasteiger partial charge on any atom is -0.481 e. The maximum Gasteiger partial charge on any atom is 0.303 e. The van der Waals surface area contributed by atoms with Crippen LogP contribution in [0.3, 0.4) is 0 Å². The van der Waals surface area contributed by atoms with E-state index in [4.69, 9.17) is 9.63 Å². The number of aliphatic carboxylic acids is 1. The zero-order chi connectivity index (χ0) is 24.2. The Labute approximate surface area is 196 Å². The first kappa shape index (κ1) is 23.3. The number of carbonyl (C=O) groups is 1. The number of carboxylic acid groups (broad SMARTS) is 1. The predicted molar refractivity (Wildman–Crippen MR) is 126 cm³/mol. The molecule has 0 bridgehead atoms. The Balaban J connectivity index is 1.55. The predicted octanol–water partition coefficient (Wildman–Crippen LogP) is 7.28. The molecule has 3 aromatic carbocycles. The van der Waals surface area contributed by atoms with Gasteiger partial charge in [-0.2, -0.15) is 4.98 Å². The van der Waals surface area contributed by atoms with Crippen molar-refractivity contribution in [2.75, 3.05) is 0 Å². The molecule has 174 valence electrons. The minimum atomic E-state index is -2.56. The number of aromatic nitrogens is 2. The van der Waals surface area contributed by atoms with Gasteiger partial charge in [0, 0.05) is 23.1 Å². The van der Waals surface area contributed by atoms with Crippen LogP contribution >= 0.6 is 0 Å². The van der Waals surface area contributed by atoms with Crippen molar-refractivity contribution >= 4 is 5.97 Å². The molecule has 0 fully saturated rings. The average Bonchev–Trinajstić information content (AvgIpc) is 3.33. The van der Waals surface area contributed by atoms with Crippen LogP contribution in [-0.2, 0) is 4.79 Å². The molecule has 4 rings (SSSR count). The van der Waals surface area contributed by atoms with E-state index in [2.05, 4.69) is 10.1 Å². The second-order valence-corrected chi connectivity index (χ2v) is 8.30. The Morgan fingerprint density at radius 2 is 1.71 bits per heavy atom. The summed E-state index contributed by atoms with van der Waals surface area (Å²) in [5.41, 5.74) is 4.59. The molecule has 7 heteroatoms. The van der Waals surface area contributed by atoms with Gasteiger partial charge in [0.15, 0.2) is 0 Å². The molecule has 0 saturated carbocycles. The highest BCUT2D eigenvalue weighted by Crippen LogP contribution is 2.35. The quantitative estimate of drug-likeness (QED) is 0.298. The standard InChI is InChI=1S/C27H24F2N2O3/c1-16(7-14-24(32)33)18-8-10-19(11-9-18)26-30-27(34-31-26)20-12-13-21(17(2)15-20)22-5-3-4-6-23(22)25(28)29/h3-6,8-13,15-16,25H,7,14H2,1-2H3,(H,32,33)/t16-/m0/s1. The lowest BCUT2D eigenvalue weighted by Gasteiger charge is -2.12. The summed E-state index contributed by atoms with van der Waals surface area (Å²) in [5, 5.41) is 12.9. The number of benzene rings is 3. The first-order valence-electron chi connectivity index (χ1n) is 11.0. The van der Waals surface area contributed by atoms with Gasteiger partial charge in [-0.25, -0.2) is 8.78 Å². The smallest absolute Gasteiger partial charge is 0.303 e. The lowest BCUT2D eigenvalue weighted by Crippen LogP contribution is -2.00. The molecular formula is C27H24F2N2O3. The van der Waals surface area contributed by atoms with E-state index in [-0.39, 0.29) is 17.9 Å². The molecule has 0 spiro atoms. The molecule has 1 N–H and O–H groups in total. The SMILES string of the molecule is Cc1cc(-c2nc(-c3ccc([C@@H](C)CCC(=O)O)cc3)no2)ccc1-c1ccccc1C(F)F. The van der Waals surface area contributed by atoms with Gasteiger partial charge in [-0.1, -0.05) is 66.7 Å². The van der Waals surface area contributed by atoms with Gasteiger partial charge in [0.25, 0.3) is 12.3 Å². The van der Waals surface area contributed by atoms with Crippen LogP contribution in [0, 0.1) is 6.92 Å². The van der Waals surface area contributed by atoms with Crippen LogP contribution in [0.15, 0.2) is 71.3 Å². The first-order valence-corrected chi connectivity index (χ1v) is 11.0. The van der Waals surface area contributed by atoms with Crippen LogP contribution in [0.2, 0.25) is 0 Å². The Kier molecular flexibility index (Phi) is 6.82. The summed E-state index contributed by atoms with van der Waals surface area (Å²) in [6.45, 7) is 3.86. The van der Waals surface area contributed by atoms with E-state index in [1.807, 2.05) is 44.2 Å². The molecule has 0 aliphatic heterocycles. The zero-order valence-electron chi connectivity index (χ0n) is 18.8. The van der Waals surface area contributed by atoms with E-state index in [9.17, 15) is 13.6 Å². The average molecular weight is 462 g/mol. The topological polar surface area (TPSA) is 76.2 Å². The lowest BCUT2D eigenvalue weighted by atomic mass is 9.94. The molecule has 0 saturated heterocycles. The normalized spacial score (nSPS) is 12.1. The number of aryl methyl sites for hydroxylation is 1. The second kappa shape index (κ2) is 9.95. The van der Waals surface area contributed by atoms with Crippen molar-refractivity contribution in [2.24, 2.45) is 0 Å². The summed E-state index contributed by atoms with van der Waals surface area (Å²) < 4.78 is 32.3. The molecule has 0 aliphatic carbocycles. The number of hydrogen-bond donors (Lipinski definition) is 1. The first-order chi connectivity index (χ1) is 16.3. The summed E-state index contributed by atoms with van der Waals surface area (Å²) in [4.78, 5) is 15.3. The molecule has 4 aromatic rings. The molecule has 0 unspecified atom stereocenters. The number of halogens is 2. The third-order valence-corrected chi connectivity index (χ3v) is 5.91. The lowest BCUT2D eigenvalue weighted by molar-refractivity contribution is -0.137. The number of alkyl halides is 2. The van der Waals surface area contributed by atoms with E-state index < -0.39 is 12.4 Å². The molecule has 0 aliphatic rings. The van der Waals surface area contributed by atoms with Crippen LogP contribution in [0.4, 0.5) is 8.78 Å². The van der Waals surface area contributed by atoms with Crippen LogP contribution < -0.4 is 0 Å². The van der Waals surface area contributed by atoms with Crippen LogP contribution in [0.25, 0.3) is 34.0 Å². The molecule has 34 heavy (non-hydrogen) atoms.